The predicted molar refractivity (Wildman–Crippen MR) is 84.9 cm³/mol. The summed E-state index contributed by atoms with van der Waals surface area (Å²) in [5, 5.41) is 6.33. The van der Waals surface area contributed by atoms with Gasteiger partial charge in [0, 0.05) is 23.9 Å². The molecule has 2 aromatic rings. The number of rotatable bonds is 7. The fraction of sp³-hybridized carbons (Fsp3) is 0.571. The van der Waals surface area contributed by atoms with Gasteiger partial charge >= 0.3 is 5.97 Å². The number of carbonyl (C=O) groups excluding carboxylic acids is 1. The molecule has 3 rings (SSSR count). The number of thioether (sulfide) groups is 1. The monoisotopic (exact) mass is 325 g/mol. The highest BCUT2D eigenvalue weighted by Crippen LogP contribution is 2.52. The average molecular weight is 325 g/mol. The molecule has 2 heterocycles. The maximum absolute atomic E-state index is 11.5. The van der Waals surface area contributed by atoms with Crippen LogP contribution in [0, 0.1) is 5.41 Å². The SMILES string of the molecule is CNCc1c(SCC2(CC(=O)OC)CC2)nc2sccn12. The Morgan fingerprint density at radius 3 is 3.10 bits per heavy atom. The fourth-order valence-electron chi connectivity index (χ4n) is 2.41. The van der Waals surface area contributed by atoms with Crippen molar-refractivity contribution in [3.8, 4) is 0 Å². The molecule has 0 aromatic carbocycles. The van der Waals surface area contributed by atoms with Gasteiger partial charge in [0.25, 0.3) is 0 Å². The van der Waals surface area contributed by atoms with Gasteiger partial charge in [-0.05, 0) is 25.3 Å². The third-order valence-electron chi connectivity index (χ3n) is 3.89. The zero-order valence-electron chi connectivity index (χ0n) is 12.2. The highest BCUT2D eigenvalue weighted by Gasteiger charge is 2.44. The van der Waals surface area contributed by atoms with Crippen LogP contribution in [0.25, 0.3) is 4.96 Å². The summed E-state index contributed by atoms with van der Waals surface area (Å²) in [6.07, 6.45) is 4.81. The van der Waals surface area contributed by atoms with Gasteiger partial charge in [-0.1, -0.05) is 0 Å². The van der Waals surface area contributed by atoms with E-state index >= 15 is 0 Å². The molecule has 0 bridgehead atoms. The van der Waals surface area contributed by atoms with Crippen molar-refractivity contribution in [1.82, 2.24) is 14.7 Å². The number of hydrogen-bond donors (Lipinski definition) is 1. The predicted octanol–water partition coefficient (Wildman–Crippen LogP) is 2.55. The van der Waals surface area contributed by atoms with E-state index in [-0.39, 0.29) is 11.4 Å². The average Bonchev–Trinajstić information content (AvgIpc) is 2.94. The van der Waals surface area contributed by atoms with Gasteiger partial charge in [-0.25, -0.2) is 4.98 Å². The second kappa shape index (κ2) is 5.98. The van der Waals surface area contributed by atoms with E-state index in [1.165, 1.54) is 12.8 Å². The molecule has 0 aliphatic heterocycles. The van der Waals surface area contributed by atoms with E-state index in [1.54, 1.807) is 23.1 Å². The van der Waals surface area contributed by atoms with E-state index in [2.05, 4.69) is 21.3 Å². The number of imidazole rings is 1. The van der Waals surface area contributed by atoms with Crippen molar-refractivity contribution in [2.75, 3.05) is 19.9 Å². The Labute approximate surface area is 132 Å². The number of hydrogen-bond acceptors (Lipinski definition) is 6. The molecular formula is C14H19N3O2S2. The zero-order chi connectivity index (χ0) is 14.9. The van der Waals surface area contributed by atoms with E-state index in [4.69, 9.17) is 9.72 Å². The number of esters is 1. The van der Waals surface area contributed by atoms with E-state index < -0.39 is 0 Å². The van der Waals surface area contributed by atoms with Gasteiger partial charge in [0.05, 0.1) is 19.2 Å². The van der Waals surface area contributed by atoms with Crippen LogP contribution in [-0.4, -0.2) is 35.3 Å². The van der Waals surface area contributed by atoms with E-state index in [9.17, 15) is 4.79 Å². The number of fused-ring (bicyclic) bond motifs is 1. The normalized spacial score (nSPS) is 16.3. The molecule has 1 aliphatic carbocycles. The van der Waals surface area contributed by atoms with Gasteiger partial charge in [-0.15, -0.1) is 23.1 Å². The number of ether oxygens (including phenoxy) is 1. The molecule has 0 radical (unpaired) electrons. The smallest absolute Gasteiger partial charge is 0.306 e. The Morgan fingerprint density at radius 1 is 1.62 bits per heavy atom. The van der Waals surface area contributed by atoms with Crippen molar-refractivity contribution in [2.45, 2.75) is 30.8 Å². The van der Waals surface area contributed by atoms with Gasteiger partial charge < -0.3 is 10.1 Å². The summed E-state index contributed by atoms with van der Waals surface area (Å²) >= 11 is 3.41. The minimum atomic E-state index is -0.102. The second-order valence-electron chi connectivity index (χ2n) is 5.49. The van der Waals surface area contributed by atoms with Crippen LogP contribution < -0.4 is 5.32 Å². The molecule has 7 heteroatoms. The quantitative estimate of drug-likeness (QED) is 0.626. The van der Waals surface area contributed by atoms with Crippen molar-refractivity contribution in [1.29, 1.82) is 0 Å². The van der Waals surface area contributed by atoms with E-state index in [0.717, 1.165) is 35.1 Å². The van der Waals surface area contributed by atoms with Crippen LogP contribution in [0.1, 0.15) is 25.0 Å². The first kappa shape index (κ1) is 14.9. The number of thiazole rings is 1. The lowest BCUT2D eigenvalue weighted by Crippen LogP contribution is -2.13. The zero-order valence-corrected chi connectivity index (χ0v) is 13.9. The third kappa shape index (κ3) is 3.09. The van der Waals surface area contributed by atoms with E-state index in [0.29, 0.717) is 6.42 Å². The van der Waals surface area contributed by atoms with Gasteiger partial charge in [0.2, 0.25) is 0 Å². The number of nitrogens with zero attached hydrogens (tertiary/aromatic N) is 2. The van der Waals surface area contributed by atoms with Crippen molar-refractivity contribution in [3.05, 3.63) is 17.3 Å². The minimum Gasteiger partial charge on any atom is -0.469 e. The first-order chi connectivity index (χ1) is 10.2. The third-order valence-corrected chi connectivity index (χ3v) is 6.00. The maximum Gasteiger partial charge on any atom is 0.306 e. The summed E-state index contributed by atoms with van der Waals surface area (Å²) in [5.41, 5.74) is 1.33. The molecule has 0 unspecified atom stereocenters. The minimum absolute atomic E-state index is 0.102. The van der Waals surface area contributed by atoms with Crippen LogP contribution in [0.5, 0.6) is 0 Å². The molecule has 0 atom stereocenters. The second-order valence-corrected chi connectivity index (χ2v) is 7.33. The Morgan fingerprint density at radius 2 is 2.43 bits per heavy atom. The van der Waals surface area contributed by atoms with Crippen molar-refractivity contribution < 1.29 is 9.53 Å². The molecule has 1 saturated carbocycles. The molecule has 0 spiro atoms. The molecular weight excluding hydrogens is 306 g/mol. The van der Waals surface area contributed by atoms with Crippen molar-refractivity contribution >= 4 is 34.0 Å². The molecule has 1 N–H and O–H groups in total. The molecule has 0 amide bonds. The summed E-state index contributed by atoms with van der Waals surface area (Å²) in [7, 11) is 3.40. The molecule has 2 aromatic heterocycles. The van der Waals surface area contributed by atoms with Gasteiger partial charge in [0.15, 0.2) is 4.96 Å². The Bertz CT molecular complexity index is 646. The van der Waals surface area contributed by atoms with Gasteiger partial charge in [-0.2, -0.15) is 0 Å². The molecule has 114 valence electrons. The standard InChI is InChI=1S/C14H19N3O2S2/c1-15-8-10-12(16-13-17(10)5-6-20-13)21-9-14(3-4-14)7-11(18)19-2/h5-6,15H,3-4,7-9H2,1-2H3. The molecule has 5 nitrogen and oxygen atoms in total. The Kier molecular flexibility index (Phi) is 4.24. The summed E-state index contributed by atoms with van der Waals surface area (Å²) < 4.78 is 6.94. The van der Waals surface area contributed by atoms with Gasteiger partial charge in [0.1, 0.15) is 5.03 Å². The first-order valence-electron chi connectivity index (χ1n) is 6.96. The molecule has 1 aliphatic rings. The highest BCUT2D eigenvalue weighted by molar-refractivity contribution is 7.99. The Hall–Kier alpha value is -1.05. The van der Waals surface area contributed by atoms with Gasteiger partial charge in [-0.3, -0.25) is 9.20 Å². The lowest BCUT2D eigenvalue weighted by molar-refractivity contribution is -0.141. The summed E-state index contributed by atoms with van der Waals surface area (Å²) in [6, 6.07) is 0. The van der Waals surface area contributed by atoms with Crippen molar-refractivity contribution in [2.24, 2.45) is 5.41 Å². The topological polar surface area (TPSA) is 55.6 Å². The summed E-state index contributed by atoms with van der Waals surface area (Å²) in [5.74, 6) is 0.832. The van der Waals surface area contributed by atoms with Crippen LogP contribution in [-0.2, 0) is 16.1 Å². The first-order valence-corrected chi connectivity index (χ1v) is 8.83. The fourth-order valence-corrected chi connectivity index (χ4v) is 4.52. The largest absolute Gasteiger partial charge is 0.469 e. The van der Waals surface area contributed by atoms with Crippen LogP contribution >= 0.6 is 23.1 Å². The number of methoxy groups -OCH3 is 1. The summed E-state index contributed by atoms with van der Waals surface area (Å²) in [6.45, 7) is 0.796. The van der Waals surface area contributed by atoms with Crippen LogP contribution in [0.4, 0.5) is 0 Å². The number of carbonyl (C=O) groups is 1. The maximum atomic E-state index is 11.5. The molecule has 1 fully saturated rings. The van der Waals surface area contributed by atoms with Crippen LogP contribution in [0.15, 0.2) is 16.6 Å². The molecule has 0 saturated heterocycles. The molecule has 21 heavy (non-hydrogen) atoms. The Balaban J connectivity index is 1.71. The van der Waals surface area contributed by atoms with Crippen molar-refractivity contribution in [3.63, 3.8) is 0 Å². The van der Waals surface area contributed by atoms with Crippen LogP contribution in [0.2, 0.25) is 0 Å². The highest BCUT2D eigenvalue weighted by atomic mass is 32.2. The summed E-state index contributed by atoms with van der Waals surface area (Å²) in [4.78, 5) is 17.2. The number of aromatic nitrogens is 2. The lowest BCUT2D eigenvalue weighted by atomic mass is 10.1. The van der Waals surface area contributed by atoms with E-state index in [1.807, 2.05) is 7.05 Å². The van der Waals surface area contributed by atoms with Crippen LogP contribution in [0.3, 0.4) is 0 Å². The number of nitrogens with one attached hydrogen (secondary N) is 1. The lowest BCUT2D eigenvalue weighted by Gasteiger charge is -2.12.